The summed E-state index contributed by atoms with van der Waals surface area (Å²) in [7, 11) is 0. The Morgan fingerprint density at radius 1 is 1.38 bits per heavy atom. The third kappa shape index (κ3) is 5.11. The first-order chi connectivity index (χ1) is 12.5. The molecule has 140 valence electrons. The summed E-state index contributed by atoms with van der Waals surface area (Å²) in [5, 5.41) is 8.66. The third-order valence-corrected chi connectivity index (χ3v) is 3.75. The lowest BCUT2D eigenvalue weighted by molar-refractivity contribution is -0.141. The number of alkyl halides is 3. The van der Waals surface area contributed by atoms with Gasteiger partial charge in [-0.3, -0.25) is 5.10 Å². The van der Waals surface area contributed by atoms with Crippen LogP contribution in [0.15, 0.2) is 37.5 Å². The average Bonchev–Trinajstić information content (AvgIpc) is 3.25. The van der Waals surface area contributed by atoms with Crippen molar-refractivity contribution in [1.82, 2.24) is 25.5 Å². The molecule has 0 saturated carbocycles. The van der Waals surface area contributed by atoms with E-state index in [1.165, 1.54) is 12.5 Å². The number of nitrogens with one attached hydrogen (secondary N) is 3. The molecule has 0 amide bonds. The standard InChI is InChI=1S/C18H22F3N5/c1-3-5-6-7-8-15(13-11-25-26-17(13)18(19,20)21)22-10-9-16-14(4-2)23-12-24-16/h4,7-12,15,22H,2-3,5-6H2,1H3,(H,23,24)(H,25,26)/b8-7+,10-9+. The van der Waals surface area contributed by atoms with Gasteiger partial charge in [0, 0.05) is 11.8 Å². The summed E-state index contributed by atoms with van der Waals surface area (Å²) in [6.45, 7) is 5.73. The zero-order valence-corrected chi connectivity index (χ0v) is 14.5. The summed E-state index contributed by atoms with van der Waals surface area (Å²) in [5.41, 5.74) is 0.498. The molecule has 2 rings (SSSR count). The molecule has 0 aliphatic rings. The number of aromatic nitrogens is 4. The minimum Gasteiger partial charge on any atom is -0.380 e. The molecule has 1 unspecified atom stereocenters. The molecule has 3 N–H and O–H groups in total. The van der Waals surface area contributed by atoms with Gasteiger partial charge in [0.2, 0.25) is 0 Å². The number of H-pyrrole nitrogens is 2. The lowest BCUT2D eigenvalue weighted by atomic mass is 10.1. The molecular formula is C18H22F3N5. The second-order valence-electron chi connectivity index (χ2n) is 5.64. The molecule has 1 atom stereocenters. The topological polar surface area (TPSA) is 69.4 Å². The highest BCUT2D eigenvalue weighted by atomic mass is 19.4. The Morgan fingerprint density at radius 3 is 2.88 bits per heavy atom. The molecule has 0 aliphatic heterocycles. The van der Waals surface area contributed by atoms with Crippen molar-refractivity contribution in [3.8, 4) is 0 Å². The molecule has 26 heavy (non-hydrogen) atoms. The zero-order valence-electron chi connectivity index (χ0n) is 14.5. The van der Waals surface area contributed by atoms with E-state index in [-0.39, 0.29) is 5.56 Å². The summed E-state index contributed by atoms with van der Waals surface area (Å²) in [6.07, 6.45) is 9.54. The van der Waals surface area contributed by atoms with E-state index in [4.69, 9.17) is 0 Å². The fraction of sp³-hybridized carbons (Fsp3) is 0.333. The van der Waals surface area contributed by atoms with Crippen LogP contribution in [0.1, 0.15) is 54.9 Å². The smallest absolute Gasteiger partial charge is 0.380 e. The molecule has 2 heterocycles. The first kappa shape index (κ1) is 19.6. The van der Waals surface area contributed by atoms with Crippen LogP contribution < -0.4 is 5.32 Å². The number of unbranched alkanes of at least 4 members (excludes halogenated alkanes) is 2. The van der Waals surface area contributed by atoms with E-state index in [1.807, 2.05) is 6.08 Å². The number of hydrogen-bond acceptors (Lipinski definition) is 3. The van der Waals surface area contributed by atoms with E-state index in [0.29, 0.717) is 5.69 Å². The highest BCUT2D eigenvalue weighted by molar-refractivity contribution is 5.58. The van der Waals surface area contributed by atoms with Gasteiger partial charge in [0.05, 0.1) is 23.8 Å². The molecule has 0 aromatic carbocycles. The van der Waals surface area contributed by atoms with Crippen molar-refractivity contribution in [2.24, 2.45) is 0 Å². The van der Waals surface area contributed by atoms with Crippen LogP contribution in [0, 0.1) is 0 Å². The predicted octanol–water partition coefficient (Wildman–Crippen LogP) is 4.84. The number of hydrogen-bond donors (Lipinski definition) is 3. The van der Waals surface area contributed by atoms with Crippen LogP contribution in [-0.2, 0) is 6.18 Å². The molecule has 0 aliphatic carbocycles. The second kappa shape index (κ2) is 9.07. The van der Waals surface area contributed by atoms with Crippen LogP contribution in [0.4, 0.5) is 13.2 Å². The minimum absolute atomic E-state index is 0.0425. The first-order valence-corrected chi connectivity index (χ1v) is 8.33. The van der Waals surface area contributed by atoms with E-state index in [2.05, 4.69) is 39.0 Å². The highest BCUT2D eigenvalue weighted by Gasteiger charge is 2.37. The van der Waals surface area contributed by atoms with Gasteiger partial charge in [-0.05, 0) is 24.8 Å². The van der Waals surface area contributed by atoms with Crippen molar-refractivity contribution in [2.45, 2.75) is 38.4 Å². The molecule has 0 bridgehead atoms. The lowest BCUT2D eigenvalue weighted by Crippen LogP contribution is -2.18. The Kier molecular flexibility index (Phi) is 6.82. The van der Waals surface area contributed by atoms with Gasteiger partial charge in [-0.1, -0.05) is 38.5 Å². The van der Waals surface area contributed by atoms with Crippen molar-refractivity contribution in [2.75, 3.05) is 0 Å². The lowest BCUT2D eigenvalue weighted by Gasteiger charge is -2.15. The van der Waals surface area contributed by atoms with Crippen molar-refractivity contribution in [3.05, 3.63) is 60.1 Å². The fourth-order valence-electron chi connectivity index (χ4n) is 2.41. The van der Waals surface area contributed by atoms with Gasteiger partial charge in [0.1, 0.15) is 0 Å². The number of allylic oxidation sites excluding steroid dienone is 1. The largest absolute Gasteiger partial charge is 0.435 e. The molecule has 0 radical (unpaired) electrons. The van der Waals surface area contributed by atoms with Gasteiger partial charge < -0.3 is 10.3 Å². The monoisotopic (exact) mass is 365 g/mol. The summed E-state index contributed by atoms with van der Waals surface area (Å²) in [6, 6.07) is -0.662. The van der Waals surface area contributed by atoms with Gasteiger partial charge in [-0.2, -0.15) is 18.3 Å². The van der Waals surface area contributed by atoms with Gasteiger partial charge >= 0.3 is 6.18 Å². The van der Waals surface area contributed by atoms with Crippen LogP contribution in [0.25, 0.3) is 12.2 Å². The Labute approximate surface area is 150 Å². The maximum atomic E-state index is 13.2. The van der Waals surface area contributed by atoms with Gasteiger partial charge in [-0.15, -0.1) is 0 Å². The van der Waals surface area contributed by atoms with Gasteiger partial charge in [0.25, 0.3) is 0 Å². The Morgan fingerprint density at radius 2 is 2.19 bits per heavy atom. The minimum atomic E-state index is -4.52. The SMILES string of the molecule is C=Cc1[nH]cnc1/C=C/NC(/C=C/CCCC)c1c[nH]nc1C(F)(F)F. The highest BCUT2D eigenvalue weighted by Crippen LogP contribution is 2.33. The van der Waals surface area contributed by atoms with E-state index in [1.54, 1.807) is 24.4 Å². The zero-order chi connectivity index (χ0) is 19.0. The molecule has 5 nitrogen and oxygen atoms in total. The maximum absolute atomic E-state index is 13.2. The van der Waals surface area contributed by atoms with Gasteiger partial charge in [0.15, 0.2) is 5.69 Å². The summed E-state index contributed by atoms with van der Waals surface area (Å²) < 4.78 is 39.5. The Bertz CT molecular complexity index is 755. The fourth-order valence-corrected chi connectivity index (χ4v) is 2.41. The Balaban J connectivity index is 2.20. The Hall–Kier alpha value is -2.77. The summed E-state index contributed by atoms with van der Waals surface area (Å²) in [4.78, 5) is 7.03. The van der Waals surface area contributed by atoms with E-state index < -0.39 is 17.9 Å². The van der Waals surface area contributed by atoms with Gasteiger partial charge in [-0.25, -0.2) is 4.98 Å². The van der Waals surface area contributed by atoms with E-state index >= 15 is 0 Å². The molecule has 0 fully saturated rings. The summed E-state index contributed by atoms with van der Waals surface area (Å²) >= 11 is 0. The van der Waals surface area contributed by atoms with E-state index in [9.17, 15) is 13.2 Å². The summed E-state index contributed by atoms with van der Waals surface area (Å²) in [5.74, 6) is 0. The molecule has 0 saturated heterocycles. The maximum Gasteiger partial charge on any atom is 0.435 e. The van der Waals surface area contributed by atoms with Crippen molar-refractivity contribution in [3.63, 3.8) is 0 Å². The van der Waals surface area contributed by atoms with Crippen LogP contribution >= 0.6 is 0 Å². The molecule has 0 spiro atoms. The number of imidazole rings is 1. The third-order valence-electron chi connectivity index (χ3n) is 3.75. The predicted molar refractivity (Wildman–Crippen MR) is 95.8 cm³/mol. The average molecular weight is 365 g/mol. The van der Waals surface area contributed by atoms with E-state index in [0.717, 1.165) is 25.0 Å². The second-order valence-corrected chi connectivity index (χ2v) is 5.64. The van der Waals surface area contributed by atoms with Crippen LogP contribution in [0.3, 0.4) is 0 Å². The van der Waals surface area contributed by atoms with Crippen molar-refractivity contribution < 1.29 is 13.2 Å². The molecule has 8 heteroatoms. The molecular weight excluding hydrogens is 343 g/mol. The molecule has 2 aromatic heterocycles. The van der Waals surface area contributed by atoms with Crippen LogP contribution in [0.2, 0.25) is 0 Å². The van der Waals surface area contributed by atoms with Crippen LogP contribution in [0.5, 0.6) is 0 Å². The van der Waals surface area contributed by atoms with Crippen molar-refractivity contribution in [1.29, 1.82) is 0 Å². The normalized spacial score (nSPS) is 13.5. The molecule has 2 aromatic rings. The van der Waals surface area contributed by atoms with Crippen LogP contribution in [-0.4, -0.2) is 20.2 Å². The number of halogens is 3. The number of aromatic amines is 2. The number of rotatable bonds is 9. The first-order valence-electron chi connectivity index (χ1n) is 8.33. The number of nitrogens with zero attached hydrogens (tertiary/aromatic N) is 2. The van der Waals surface area contributed by atoms with Crippen molar-refractivity contribution >= 4 is 12.2 Å². The quantitative estimate of drug-likeness (QED) is 0.440.